The van der Waals surface area contributed by atoms with Gasteiger partial charge >= 0.3 is 0 Å². The van der Waals surface area contributed by atoms with Crippen molar-refractivity contribution in [1.82, 2.24) is 44.9 Å². The molecule has 4 bridgehead atoms. The standard InChI is InChI=1S/2C32H37N2O.C28H27N2O.3C14H14N.3Ir/c1-21-9-10-25-24-7-6-8-26(28(24)35-29(25)34-21)27-17-23(13-16-33-27)22-11-14-32(15-12-22)19-30(2,3)18-31(4,5)20-32;1-21-12-13-24-23-10-9-11-25(27(23)35-29(24)34-21)26-18-22(14-17-33-26)28-30(2,3)19-32(20-31(28,4)5)15-7-6-8-16-32;1-17-5-6-23-22-3-2-4-24(26(22)31-27(23)30-17)25-12-18(7-8-29-25)13-28-14-19-9-20(15-28)11-21(10-19)16-28;3*1-10-4-6-13(7-5-10)14-8-11(2)12(3)9-15-14;;;/h6-7,9-10,13,16-17,22H,11-12,14-15,18-20H2,1-5H3;9-10,12-14,17-18,28H,6-8,15-16,19-20H2,1-5H3;2-3,5-8,12,19-21H,9-11,13-16H2,1H3;3*4-6,8-9H,1-3H3;;;/q6*-1;;;/i1D3,22D;28D;13D2;3*1D3,3D3;;;. The number of hydrogen-bond donors (Lipinski definition) is 0. The van der Waals surface area contributed by atoms with Crippen LogP contribution in [0.15, 0.2) is 232 Å². The third-order valence-electron chi connectivity index (χ3n) is 31.4. The van der Waals surface area contributed by atoms with Crippen LogP contribution in [0.1, 0.15) is 314 Å². The third-order valence-corrected chi connectivity index (χ3v) is 31.4. The Morgan fingerprint density at radius 2 is 0.738 bits per heavy atom. The zero-order chi connectivity index (χ0) is 123. The van der Waals surface area contributed by atoms with E-state index in [1.807, 2.05) is 98.9 Å². The minimum absolute atomic E-state index is 0. The summed E-state index contributed by atoms with van der Waals surface area (Å²) in [5, 5.41) is 5.60. The van der Waals surface area contributed by atoms with Crippen LogP contribution < -0.4 is 0 Å². The first kappa shape index (κ1) is 80.9. The van der Waals surface area contributed by atoms with Gasteiger partial charge in [0.25, 0.3) is 0 Å². The first-order valence-corrected chi connectivity index (χ1v) is 51.5. The van der Waals surface area contributed by atoms with Crippen LogP contribution in [0.3, 0.4) is 0 Å². The van der Waals surface area contributed by atoms with Crippen molar-refractivity contribution >= 4 is 66.2 Å². The van der Waals surface area contributed by atoms with E-state index in [-0.39, 0.29) is 116 Å². The molecule has 15 heteroatoms. The Hall–Kier alpha value is -11.0. The number of fused-ring (bicyclic) bond motifs is 9. The molecule has 8 fully saturated rings. The van der Waals surface area contributed by atoms with Crippen molar-refractivity contribution < 1.29 is 108 Å². The molecular weight excluding hydrogens is 2360 g/mol. The van der Waals surface area contributed by atoms with Gasteiger partial charge in [0.15, 0.2) is 0 Å². The molecule has 12 nitrogen and oxygen atoms in total. The predicted molar refractivity (Wildman–Crippen MR) is 598 cm³/mol. The molecule has 0 aliphatic heterocycles. The molecule has 0 N–H and O–H groups in total. The fraction of sp³-hybridized carbons (Fsp3) is 0.396. The summed E-state index contributed by atoms with van der Waals surface area (Å²) in [5.74, 6) is 0.747. The van der Waals surface area contributed by atoms with Gasteiger partial charge in [-0.3, -0.25) is 0 Å². The molecule has 0 saturated heterocycles. The molecule has 0 unspecified atom stereocenters. The molecule has 8 aliphatic rings. The Morgan fingerprint density at radius 3 is 1.13 bits per heavy atom. The van der Waals surface area contributed by atoms with Gasteiger partial charge in [0, 0.05) is 165 Å². The zero-order valence-electron chi connectivity index (χ0n) is 112. The normalized spacial score (nSPS) is 23.0. The largest absolute Gasteiger partial charge is 0.486 e. The van der Waals surface area contributed by atoms with E-state index in [1.54, 1.807) is 75.6 Å². The second-order valence-electron chi connectivity index (χ2n) is 45.5. The maximum absolute atomic E-state index is 10.1. The van der Waals surface area contributed by atoms with Gasteiger partial charge in [-0.15, -0.1) is 161 Å². The molecule has 775 valence electrons. The van der Waals surface area contributed by atoms with Crippen LogP contribution in [0, 0.1) is 175 Å². The Bertz CT molecular complexity index is 8600. The number of rotatable bonds is 10. The molecule has 0 amide bonds. The first-order chi connectivity index (χ1) is 79.9. The predicted octanol–water partition coefficient (Wildman–Crippen LogP) is 35.4. The summed E-state index contributed by atoms with van der Waals surface area (Å²) < 4.78 is 213. The van der Waals surface area contributed by atoms with E-state index < -0.39 is 66.1 Å². The summed E-state index contributed by atoms with van der Waals surface area (Å²) in [7, 11) is 0. The Labute approximate surface area is 959 Å². The quantitative estimate of drug-likeness (QED) is 0.120. The van der Waals surface area contributed by atoms with E-state index >= 15 is 0 Å². The second-order valence-corrected chi connectivity index (χ2v) is 45.5. The van der Waals surface area contributed by atoms with E-state index in [1.165, 1.54) is 132 Å². The van der Waals surface area contributed by atoms with Gasteiger partial charge in [0.1, 0.15) is 0 Å². The number of pyridine rings is 9. The fourth-order valence-electron chi connectivity index (χ4n) is 26.9. The van der Waals surface area contributed by atoms with Crippen molar-refractivity contribution in [2.45, 2.75) is 285 Å². The van der Waals surface area contributed by atoms with E-state index in [4.69, 9.17) is 47.0 Å². The van der Waals surface area contributed by atoms with Crippen LogP contribution in [-0.4, -0.2) is 44.9 Å². The summed E-state index contributed by atoms with van der Waals surface area (Å²) >= 11 is 0. The van der Waals surface area contributed by atoms with Crippen molar-refractivity contribution in [3.05, 3.63) is 339 Å². The average molecular weight is 2530 g/mol. The van der Waals surface area contributed by atoms with E-state index in [0.29, 0.717) is 135 Å². The molecule has 8 saturated carbocycles. The molecule has 8 aliphatic carbocycles. The van der Waals surface area contributed by atoms with Gasteiger partial charge in [-0.25, -0.2) is 15.0 Å². The van der Waals surface area contributed by atoms with E-state index in [0.717, 1.165) is 141 Å². The third kappa shape index (κ3) is 24.2. The van der Waals surface area contributed by atoms with Gasteiger partial charge in [-0.05, 0) is 356 Å². The molecule has 18 aromatic rings. The number of hydrogen-bond acceptors (Lipinski definition) is 12. The molecule has 0 atom stereocenters. The Balaban J connectivity index is 0.000000140. The van der Waals surface area contributed by atoms with Crippen LogP contribution in [-0.2, 0) is 66.7 Å². The van der Waals surface area contributed by atoms with Gasteiger partial charge in [-0.1, -0.05) is 192 Å². The minimum atomic E-state index is -2.30. The van der Waals surface area contributed by atoms with Gasteiger partial charge < -0.3 is 43.2 Å². The molecule has 2 spiro atoms. The van der Waals surface area contributed by atoms with Crippen LogP contribution in [0.25, 0.3) is 134 Å². The van der Waals surface area contributed by atoms with Crippen molar-refractivity contribution in [3.8, 4) is 67.5 Å². The minimum Gasteiger partial charge on any atom is -0.486 e. The van der Waals surface area contributed by atoms with Gasteiger partial charge in [-0.2, -0.15) is 0 Å². The average Bonchev–Trinajstić information content (AvgIpc) is 1.11. The second kappa shape index (κ2) is 44.7. The summed E-state index contributed by atoms with van der Waals surface area (Å²) in [4.78, 5) is 39.9. The van der Waals surface area contributed by atoms with E-state index in [9.17, 15) is 5.48 Å². The number of nitrogens with zero attached hydrogens (tertiary/aromatic N) is 9. The molecule has 12 heterocycles. The van der Waals surface area contributed by atoms with Crippen molar-refractivity contribution in [2.75, 3.05) is 0 Å². The maximum Gasteiger partial charge on any atom is 0.216 e. The molecule has 6 aromatic carbocycles. The van der Waals surface area contributed by atoms with E-state index in [2.05, 4.69) is 150 Å². The summed E-state index contributed by atoms with van der Waals surface area (Å²) in [6.45, 7) is 12.7. The topological polar surface area (TPSA) is 155 Å². The van der Waals surface area contributed by atoms with Gasteiger partial charge in [0.05, 0.1) is 16.7 Å². The number of benzene rings is 6. The van der Waals surface area contributed by atoms with Crippen LogP contribution in [0.5, 0.6) is 0 Å². The maximum atomic E-state index is 10.1. The number of aromatic nitrogens is 9. The summed E-state index contributed by atoms with van der Waals surface area (Å²) in [6.07, 6.45) is 31.6. The number of furan rings is 3. The number of aryl methyl sites for hydroxylation is 12. The monoisotopic (exact) mass is 2530 g/mol. The Kier molecular flexibility index (Phi) is 24.3. The molecular formula is C134H143Ir3N9O3-6. The van der Waals surface area contributed by atoms with Crippen LogP contribution >= 0.6 is 0 Å². The molecule has 26 rings (SSSR count). The smallest absolute Gasteiger partial charge is 0.216 e. The van der Waals surface area contributed by atoms with Crippen LogP contribution in [0.4, 0.5) is 0 Å². The molecule has 3 radical (unpaired) electrons. The SMILES string of the molecule is [2H]C([2H])([2H])c1c[c-]c(-c2cc(C)c(C([2H])([2H])[2H])cn2)cc1.[2H]C([2H])([2H])c1c[c-]c(-c2cc(C)c(C([2H])([2H])[2H])cn2)cc1.[2H]C([2H])([2H])c1c[c-]c(-c2cc(C)c(C([2H])([2H])[2H])cn2)cc1.[2H]C([2H])([2H])c1ccc2c(n1)oc1c(-c3cc(C4([2H])CCC5(CC4)CC(C)(C)CC(C)(C)C5)ccn3)[c-]ccc12.[2H]C([2H])(c1ccnc(-c2[c-]ccc3c2oc2nc(C)ccc23)c1)C12CC3CC(CC(C3)C1)C2.[2H]C1(c2ccnc(-c3[c-]ccc4c3oc3nc(C)ccc34)c2)C(C)(C)CC2(CCCCC2)CC1(C)C.[Ir].[Ir].[Ir]. The van der Waals surface area contributed by atoms with Gasteiger partial charge in [0.2, 0.25) is 17.1 Å². The fourth-order valence-corrected chi connectivity index (χ4v) is 26.9. The molecule has 149 heavy (non-hydrogen) atoms. The van der Waals surface area contributed by atoms with Crippen molar-refractivity contribution in [3.63, 3.8) is 0 Å². The first-order valence-electron chi connectivity index (χ1n) is 64.0. The van der Waals surface area contributed by atoms with Crippen LogP contribution in [0.2, 0.25) is 0 Å². The van der Waals surface area contributed by atoms with Crippen molar-refractivity contribution in [2.24, 2.45) is 55.7 Å². The summed E-state index contributed by atoms with van der Waals surface area (Å²) in [6, 6.07) is 72.4. The summed E-state index contributed by atoms with van der Waals surface area (Å²) in [5.41, 5.74) is 20.3. The van der Waals surface area contributed by atoms with Crippen molar-refractivity contribution in [1.29, 1.82) is 0 Å². The Morgan fingerprint density at radius 1 is 0.356 bits per heavy atom. The zero-order valence-corrected chi connectivity index (χ0v) is 94.1. The molecule has 12 aromatic heterocycles.